The summed E-state index contributed by atoms with van der Waals surface area (Å²) in [6.45, 7) is 3.93. The first-order valence-corrected chi connectivity index (χ1v) is 11.7. The second kappa shape index (κ2) is 10.8. The van der Waals surface area contributed by atoms with Crippen molar-refractivity contribution in [3.63, 3.8) is 0 Å². The predicted molar refractivity (Wildman–Crippen MR) is 135 cm³/mol. The Bertz CT molecular complexity index is 1120. The number of piperidine rings is 1. The molecule has 1 aromatic heterocycles. The van der Waals surface area contributed by atoms with Crippen molar-refractivity contribution in [1.82, 2.24) is 9.88 Å². The zero-order chi connectivity index (χ0) is 23.9. The Kier molecular flexibility index (Phi) is 7.42. The number of pyridine rings is 1. The Morgan fingerprint density at radius 3 is 2.38 bits per heavy atom. The van der Waals surface area contributed by atoms with Crippen LogP contribution in [0.15, 0.2) is 66.9 Å². The van der Waals surface area contributed by atoms with Crippen LogP contribution in [0.25, 0.3) is 0 Å². The summed E-state index contributed by atoms with van der Waals surface area (Å²) in [5, 5.41) is 6.61. The number of carbonyl (C=O) groups is 2. The number of anilines is 3. The zero-order valence-electron chi connectivity index (χ0n) is 19.5. The van der Waals surface area contributed by atoms with Gasteiger partial charge in [0.1, 0.15) is 5.82 Å². The van der Waals surface area contributed by atoms with Gasteiger partial charge in [-0.1, -0.05) is 42.5 Å². The summed E-state index contributed by atoms with van der Waals surface area (Å²) in [6.07, 6.45) is 4.62. The van der Waals surface area contributed by atoms with Crippen molar-refractivity contribution in [2.24, 2.45) is 11.7 Å². The number of hydrogen-bond donors (Lipinski definition) is 3. The normalized spacial score (nSPS) is 14.0. The van der Waals surface area contributed by atoms with E-state index in [1.165, 1.54) is 11.8 Å². The maximum Gasteiger partial charge on any atom is 0.252 e. The maximum atomic E-state index is 11.9. The van der Waals surface area contributed by atoms with Crippen LogP contribution in [0, 0.1) is 5.92 Å². The van der Waals surface area contributed by atoms with E-state index in [1.807, 2.05) is 47.4 Å². The fourth-order valence-corrected chi connectivity index (χ4v) is 4.32. The zero-order valence-corrected chi connectivity index (χ0v) is 19.5. The van der Waals surface area contributed by atoms with Crippen LogP contribution in [-0.4, -0.2) is 34.8 Å². The van der Waals surface area contributed by atoms with Gasteiger partial charge in [0.15, 0.2) is 0 Å². The Hall–Kier alpha value is -3.87. The van der Waals surface area contributed by atoms with Crippen LogP contribution in [0.1, 0.15) is 41.3 Å². The number of likely N-dealkylation sites (tertiary alicyclic amines) is 1. The molecular weight excluding hydrogens is 426 g/mol. The molecule has 2 amide bonds. The second-order valence-electron chi connectivity index (χ2n) is 8.79. The molecule has 2 heterocycles. The van der Waals surface area contributed by atoms with Gasteiger partial charge in [-0.2, -0.15) is 0 Å². The van der Waals surface area contributed by atoms with Gasteiger partial charge < -0.3 is 21.3 Å². The third-order valence-electron chi connectivity index (χ3n) is 6.31. The van der Waals surface area contributed by atoms with Gasteiger partial charge in [-0.3, -0.25) is 9.59 Å². The SMILES string of the molecule is CC(=O)N1CCC(Cc2ccc(Nc3cc(NCc4ccccc4)c(C(N)=O)cn3)cc2)CC1. The molecule has 0 saturated carbocycles. The number of rotatable bonds is 8. The quantitative estimate of drug-likeness (QED) is 0.467. The molecule has 1 aliphatic heterocycles. The summed E-state index contributed by atoms with van der Waals surface area (Å²) in [5.41, 5.74) is 9.85. The Labute approximate surface area is 200 Å². The fourth-order valence-electron chi connectivity index (χ4n) is 4.32. The van der Waals surface area contributed by atoms with Crippen LogP contribution in [0.5, 0.6) is 0 Å². The largest absolute Gasteiger partial charge is 0.380 e. The lowest BCUT2D eigenvalue weighted by atomic mass is 9.90. The van der Waals surface area contributed by atoms with Crippen LogP contribution in [0.3, 0.4) is 0 Å². The second-order valence-corrected chi connectivity index (χ2v) is 8.79. The molecule has 34 heavy (non-hydrogen) atoms. The van der Waals surface area contributed by atoms with Gasteiger partial charge in [-0.25, -0.2) is 4.98 Å². The molecule has 0 spiro atoms. The molecule has 0 aliphatic carbocycles. The molecule has 3 aromatic rings. The Morgan fingerprint density at radius 2 is 1.74 bits per heavy atom. The smallest absolute Gasteiger partial charge is 0.252 e. The summed E-state index contributed by atoms with van der Waals surface area (Å²) in [4.78, 5) is 29.7. The third kappa shape index (κ3) is 6.13. The molecule has 0 atom stereocenters. The first-order valence-electron chi connectivity index (χ1n) is 11.7. The monoisotopic (exact) mass is 457 g/mol. The molecule has 176 valence electrons. The van der Waals surface area contributed by atoms with Crippen LogP contribution < -0.4 is 16.4 Å². The average molecular weight is 458 g/mol. The van der Waals surface area contributed by atoms with Crippen LogP contribution in [-0.2, 0) is 17.8 Å². The van der Waals surface area contributed by atoms with Crippen LogP contribution >= 0.6 is 0 Å². The molecule has 4 rings (SSSR count). The minimum absolute atomic E-state index is 0.171. The van der Waals surface area contributed by atoms with Crippen molar-refractivity contribution >= 4 is 29.0 Å². The van der Waals surface area contributed by atoms with E-state index in [1.54, 1.807) is 13.0 Å². The van der Waals surface area contributed by atoms with E-state index < -0.39 is 5.91 Å². The van der Waals surface area contributed by atoms with Crippen molar-refractivity contribution in [3.05, 3.63) is 83.6 Å². The van der Waals surface area contributed by atoms with Crippen LogP contribution in [0.2, 0.25) is 0 Å². The van der Waals surface area contributed by atoms with E-state index in [4.69, 9.17) is 5.73 Å². The number of primary amides is 1. The lowest BCUT2D eigenvalue weighted by Crippen LogP contribution is -2.37. The minimum atomic E-state index is -0.520. The highest BCUT2D eigenvalue weighted by Crippen LogP contribution is 2.25. The Balaban J connectivity index is 1.38. The average Bonchev–Trinajstić information content (AvgIpc) is 2.85. The molecule has 1 fully saturated rings. The van der Waals surface area contributed by atoms with Crippen molar-refractivity contribution in [2.45, 2.75) is 32.7 Å². The predicted octanol–water partition coefficient (Wildman–Crippen LogP) is 4.34. The molecular formula is C27H31N5O2. The van der Waals surface area contributed by atoms with E-state index in [0.29, 0.717) is 29.5 Å². The van der Waals surface area contributed by atoms with Gasteiger partial charge in [0.05, 0.1) is 11.3 Å². The highest BCUT2D eigenvalue weighted by Gasteiger charge is 2.20. The van der Waals surface area contributed by atoms with Crippen molar-refractivity contribution in [1.29, 1.82) is 0 Å². The van der Waals surface area contributed by atoms with E-state index in [-0.39, 0.29) is 5.91 Å². The minimum Gasteiger partial charge on any atom is -0.380 e. The molecule has 1 aliphatic rings. The number of amides is 2. The maximum absolute atomic E-state index is 11.9. The number of nitrogens with zero attached hydrogens (tertiary/aromatic N) is 2. The number of aromatic nitrogens is 1. The molecule has 0 radical (unpaired) electrons. The summed E-state index contributed by atoms with van der Waals surface area (Å²) >= 11 is 0. The van der Waals surface area contributed by atoms with Gasteiger partial charge in [0.25, 0.3) is 5.91 Å². The number of hydrogen-bond acceptors (Lipinski definition) is 5. The number of nitrogens with two attached hydrogens (primary N) is 1. The summed E-state index contributed by atoms with van der Waals surface area (Å²) < 4.78 is 0. The number of benzene rings is 2. The van der Waals surface area contributed by atoms with Crippen LogP contribution in [0.4, 0.5) is 17.2 Å². The standard InChI is InChI=1S/C27H31N5O2/c1-19(33)32-13-11-21(12-14-32)15-20-7-9-23(10-8-20)31-26-16-25(24(18-30-26)27(28)34)29-17-22-5-3-2-4-6-22/h2-10,16,18,21H,11-15,17H2,1H3,(H2,28,34)(H2,29,30,31). The lowest BCUT2D eigenvalue weighted by Gasteiger charge is -2.31. The highest BCUT2D eigenvalue weighted by molar-refractivity contribution is 5.98. The summed E-state index contributed by atoms with van der Waals surface area (Å²) in [5.74, 6) is 0.887. The molecule has 7 heteroatoms. The van der Waals surface area contributed by atoms with Crippen molar-refractivity contribution < 1.29 is 9.59 Å². The molecule has 1 saturated heterocycles. The van der Waals surface area contributed by atoms with E-state index in [0.717, 1.165) is 43.6 Å². The first kappa shape index (κ1) is 23.3. The number of nitrogens with one attached hydrogen (secondary N) is 2. The first-order chi connectivity index (χ1) is 16.5. The topological polar surface area (TPSA) is 100 Å². The molecule has 0 bridgehead atoms. The van der Waals surface area contributed by atoms with E-state index in [9.17, 15) is 9.59 Å². The summed E-state index contributed by atoms with van der Waals surface area (Å²) in [6, 6.07) is 20.1. The fraction of sp³-hybridized carbons (Fsp3) is 0.296. The van der Waals surface area contributed by atoms with E-state index >= 15 is 0 Å². The Morgan fingerprint density at radius 1 is 1.03 bits per heavy atom. The molecule has 7 nitrogen and oxygen atoms in total. The van der Waals surface area contributed by atoms with Crippen molar-refractivity contribution in [2.75, 3.05) is 23.7 Å². The third-order valence-corrected chi connectivity index (χ3v) is 6.31. The molecule has 2 aromatic carbocycles. The van der Waals surface area contributed by atoms with Gasteiger partial charge >= 0.3 is 0 Å². The van der Waals surface area contributed by atoms with Gasteiger partial charge in [0.2, 0.25) is 5.91 Å². The van der Waals surface area contributed by atoms with Crippen molar-refractivity contribution in [3.8, 4) is 0 Å². The van der Waals surface area contributed by atoms with Gasteiger partial charge in [-0.05, 0) is 48.4 Å². The lowest BCUT2D eigenvalue weighted by molar-refractivity contribution is -0.130. The molecule has 4 N–H and O–H groups in total. The number of carbonyl (C=O) groups excluding carboxylic acids is 2. The summed E-state index contributed by atoms with van der Waals surface area (Å²) in [7, 11) is 0. The van der Waals surface area contributed by atoms with Gasteiger partial charge in [-0.15, -0.1) is 0 Å². The van der Waals surface area contributed by atoms with Gasteiger partial charge in [0, 0.05) is 44.5 Å². The highest BCUT2D eigenvalue weighted by atomic mass is 16.2. The van der Waals surface area contributed by atoms with E-state index in [2.05, 4.69) is 27.8 Å². The molecule has 0 unspecified atom stereocenters.